The first-order chi connectivity index (χ1) is 6.68. The second-order valence-electron chi connectivity index (χ2n) is 3.41. The van der Waals surface area contributed by atoms with Crippen molar-refractivity contribution in [3.63, 3.8) is 0 Å². The van der Waals surface area contributed by atoms with Gasteiger partial charge in [-0.15, -0.1) is 0 Å². The van der Waals surface area contributed by atoms with Gasteiger partial charge in [-0.25, -0.2) is 8.78 Å². The molecule has 0 bridgehead atoms. The first-order valence-corrected chi connectivity index (χ1v) is 5.37. The predicted molar refractivity (Wildman–Crippen MR) is 55.5 cm³/mol. The molecule has 1 fully saturated rings. The molecule has 0 radical (unpaired) electrons. The Morgan fingerprint density at radius 2 is 1.79 bits per heavy atom. The molecule has 1 aromatic rings. The fourth-order valence-electron chi connectivity index (χ4n) is 1.73. The molecule has 1 saturated heterocycles. The van der Waals surface area contributed by atoms with E-state index < -0.39 is 5.82 Å². The third kappa shape index (κ3) is 1.75. The number of halogens is 3. The zero-order valence-corrected chi connectivity index (χ0v) is 9.15. The van der Waals surface area contributed by atoms with Gasteiger partial charge < -0.3 is 4.90 Å². The minimum Gasteiger partial charge on any atom is -0.369 e. The van der Waals surface area contributed by atoms with Crippen LogP contribution in [0.2, 0.25) is 0 Å². The van der Waals surface area contributed by atoms with Gasteiger partial charge in [0, 0.05) is 19.2 Å². The third-order valence-corrected chi connectivity index (χ3v) is 3.00. The molecule has 1 aliphatic rings. The fourth-order valence-corrected chi connectivity index (χ4v) is 2.15. The summed E-state index contributed by atoms with van der Waals surface area (Å²) in [6, 6.07) is 2.40. The van der Waals surface area contributed by atoms with Gasteiger partial charge in [-0.05, 0) is 34.8 Å². The molecule has 0 spiro atoms. The summed E-state index contributed by atoms with van der Waals surface area (Å²) in [5.41, 5.74) is 0.370. The summed E-state index contributed by atoms with van der Waals surface area (Å²) in [5.74, 6) is -0.770. The highest BCUT2D eigenvalue weighted by Crippen LogP contribution is 2.29. The molecule has 0 aromatic heterocycles. The number of hydrogen-bond acceptors (Lipinski definition) is 1. The Balaban J connectivity index is 2.40. The van der Waals surface area contributed by atoms with Crippen molar-refractivity contribution in [2.24, 2.45) is 0 Å². The SMILES string of the molecule is Fc1cc(Br)c(F)c(N2CCCC2)c1. The lowest BCUT2D eigenvalue weighted by Gasteiger charge is -2.18. The van der Waals surface area contributed by atoms with Crippen LogP contribution in [-0.4, -0.2) is 13.1 Å². The summed E-state index contributed by atoms with van der Waals surface area (Å²) >= 11 is 3.00. The van der Waals surface area contributed by atoms with Crippen molar-refractivity contribution in [3.8, 4) is 0 Å². The minimum absolute atomic E-state index is 0.194. The number of benzene rings is 1. The van der Waals surface area contributed by atoms with Crippen LogP contribution in [0.15, 0.2) is 16.6 Å². The second kappa shape index (κ2) is 3.85. The van der Waals surface area contributed by atoms with E-state index in [4.69, 9.17) is 0 Å². The smallest absolute Gasteiger partial charge is 0.160 e. The molecule has 1 aliphatic heterocycles. The average Bonchev–Trinajstić information content (AvgIpc) is 2.63. The molecule has 0 atom stereocenters. The van der Waals surface area contributed by atoms with Gasteiger partial charge in [0.25, 0.3) is 0 Å². The van der Waals surface area contributed by atoms with Crippen molar-refractivity contribution in [1.82, 2.24) is 0 Å². The van der Waals surface area contributed by atoms with Crippen LogP contribution < -0.4 is 4.90 Å². The quantitative estimate of drug-likeness (QED) is 0.702. The summed E-state index contributed by atoms with van der Waals surface area (Å²) in [6.45, 7) is 1.62. The standard InChI is InChI=1S/C10H10BrF2N/c11-8-5-7(12)6-9(10(8)13)14-3-1-2-4-14/h5-6H,1-4H2. The molecular weight excluding hydrogens is 252 g/mol. The van der Waals surface area contributed by atoms with Gasteiger partial charge in [0.05, 0.1) is 10.2 Å². The molecule has 1 nitrogen and oxygen atoms in total. The highest BCUT2D eigenvalue weighted by molar-refractivity contribution is 9.10. The molecule has 0 N–H and O–H groups in total. The lowest BCUT2D eigenvalue weighted by Crippen LogP contribution is -2.19. The van der Waals surface area contributed by atoms with Crippen molar-refractivity contribution in [2.45, 2.75) is 12.8 Å². The first-order valence-electron chi connectivity index (χ1n) is 4.58. The Morgan fingerprint density at radius 3 is 2.43 bits per heavy atom. The molecule has 0 saturated carbocycles. The van der Waals surface area contributed by atoms with Crippen LogP contribution >= 0.6 is 15.9 Å². The molecule has 76 valence electrons. The van der Waals surface area contributed by atoms with E-state index in [1.54, 1.807) is 0 Å². The molecule has 0 aliphatic carbocycles. The summed E-state index contributed by atoms with van der Waals surface area (Å²) in [7, 11) is 0. The molecule has 2 rings (SSSR count). The number of nitrogens with zero attached hydrogens (tertiary/aromatic N) is 1. The van der Waals surface area contributed by atoms with Gasteiger partial charge >= 0.3 is 0 Å². The van der Waals surface area contributed by atoms with Gasteiger partial charge in [0.2, 0.25) is 0 Å². The van der Waals surface area contributed by atoms with Crippen molar-refractivity contribution in [1.29, 1.82) is 0 Å². The Bertz CT molecular complexity index is 348. The lowest BCUT2D eigenvalue weighted by molar-refractivity contribution is 0.591. The van der Waals surface area contributed by atoms with Gasteiger partial charge in [-0.1, -0.05) is 0 Å². The van der Waals surface area contributed by atoms with Gasteiger partial charge in [0.1, 0.15) is 5.82 Å². The Kier molecular flexibility index (Phi) is 2.72. The van der Waals surface area contributed by atoms with Crippen LogP contribution in [-0.2, 0) is 0 Å². The maximum atomic E-state index is 13.6. The van der Waals surface area contributed by atoms with Crippen molar-refractivity contribution in [3.05, 3.63) is 28.2 Å². The van der Waals surface area contributed by atoms with E-state index in [0.717, 1.165) is 32.0 Å². The van der Waals surface area contributed by atoms with Crippen LogP contribution in [0.1, 0.15) is 12.8 Å². The van der Waals surface area contributed by atoms with Crippen LogP contribution in [0.5, 0.6) is 0 Å². The molecule has 1 heterocycles. The average molecular weight is 262 g/mol. The molecule has 0 unspecified atom stereocenters. The number of anilines is 1. The van der Waals surface area contributed by atoms with E-state index in [9.17, 15) is 8.78 Å². The van der Waals surface area contributed by atoms with E-state index >= 15 is 0 Å². The van der Waals surface area contributed by atoms with E-state index in [2.05, 4.69) is 15.9 Å². The van der Waals surface area contributed by atoms with Gasteiger partial charge in [-0.2, -0.15) is 0 Å². The zero-order chi connectivity index (χ0) is 10.1. The number of rotatable bonds is 1. The lowest BCUT2D eigenvalue weighted by atomic mass is 10.2. The van der Waals surface area contributed by atoms with Crippen molar-refractivity contribution < 1.29 is 8.78 Å². The summed E-state index contributed by atoms with van der Waals surface area (Å²) in [5, 5.41) is 0. The van der Waals surface area contributed by atoms with Crippen molar-refractivity contribution in [2.75, 3.05) is 18.0 Å². The number of hydrogen-bond donors (Lipinski definition) is 0. The summed E-state index contributed by atoms with van der Waals surface area (Å²) < 4.78 is 26.8. The maximum absolute atomic E-state index is 13.6. The minimum atomic E-state index is -0.403. The van der Waals surface area contributed by atoms with Gasteiger partial charge in [0.15, 0.2) is 5.82 Å². The fraction of sp³-hybridized carbons (Fsp3) is 0.400. The molecule has 1 aromatic carbocycles. The summed E-state index contributed by atoms with van der Waals surface area (Å²) in [6.07, 6.45) is 2.10. The Morgan fingerprint density at radius 1 is 1.14 bits per heavy atom. The Hall–Kier alpha value is -0.640. The topological polar surface area (TPSA) is 3.24 Å². The van der Waals surface area contributed by atoms with Gasteiger partial charge in [-0.3, -0.25) is 0 Å². The highest BCUT2D eigenvalue weighted by atomic mass is 79.9. The first kappa shape index (κ1) is 9.90. The predicted octanol–water partition coefficient (Wildman–Crippen LogP) is 3.33. The molecule has 4 heteroatoms. The normalized spacial score (nSPS) is 16.4. The largest absolute Gasteiger partial charge is 0.369 e. The second-order valence-corrected chi connectivity index (χ2v) is 4.27. The Labute approximate surface area is 89.8 Å². The van der Waals surface area contributed by atoms with E-state index in [1.165, 1.54) is 6.07 Å². The van der Waals surface area contributed by atoms with Crippen LogP contribution in [0.3, 0.4) is 0 Å². The highest BCUT2D eigenvalue weighted by Gasteiger charge is 2.18. The van der Waals surface area contributed by atoms with Crippen LogP contribution in [0.25, 0.3) is 0 Å². The molecule has 14 heavy (non-hydrogen) atoms. The monoisotopic (exact) mass is 261 g/mol. The third-order valence-electron chi connectivity index (χ3n) is 2.42. The van der Waals surface area contributed by atoms with Crippen LogP contribution in [0, 0.1) is 11.6 Å². The zero-order valence-electron chi connectivity index (χ0n) is 7.56. The van der Waals surface area contributed by atoms with E-state index in [0.29, 0.717) is 5.69 Å². The van der Waals surface area contributed by atoms with Crippen LogP contribution in [0.4, 0.5) is 14.5 Å². The maximum Gasteiger partial charge on any atom is 0.160 e. The molecular formula is C10H10BrF2N. The molecule has 0 amide bonds. The van der Waals surface area contributed by atoms with E-state index in [-0.39, 0.29) is 10.3 Å². The summed E-state index contributed by atoms with van der Waals surface area (Å²) in [4.78, 5) is 1.88. The van der Waals surface area contributed by atoms with Crippen molar-refractivity contribution >= 4 is 21.6 Å². The van der Waals surface area contributed by atoms with E-state index in [1.807, 2.05) is 4.90 Å².